The number of aliphatic hydroxyl groups excluding tert-OH is 1. The summed E-state index contributed by atoms with van der Waals surface area (Å²) in [4.78, 5) is 21.4. The van der Waals surface area contributed by atoms with Crippen molar-refractivity contribution in [2.24, 2.45) is 0 Å². The lowest BCUT2D eigenvalue weighted by atomic mass is 10.1. The van der Waals surface area contributed by atoms with Gasteiger partial charge in [0, 0.05) is 38.4 Å². The number of benzene rings is 1. The van der Waals surface area contributed by atoms with Crippen LogP contribution in [0, 0.1) is 0 Å². The van der Waals surface area contributed by atoms with Gasteiger partial charge in [-0.25, -0.2) is 9.59 Å². The van der Waals surface area contributed by atoms with Crippen LogP contribution in [0.4, 0.5) is 0 Å². The minimum absolute atomic E-state index is 0.0945. The summed E-state index contributed by atoms with van der Waals surface area (Å²) in [5, 5.41) is 31.8. The molecule has 1 aromatic carbocycles. The van der Waals surface area contributed by atoms with Crippen LogP contribution in [0.25, 0.3) is 10.8 Å². The lowest BCUT2D eigenvalue weighted by Gasteiger charge is -2.35. The highest BCUT2D eigenvalue weighted by atomic mass is 32.1. The Kier molecular flexibility index (Phi) is 9.09. The first-order valence-corrected chi connectivity index (χ1v) is 9.95. The van der Waals surface area contributed by atoms with Crippen LogP contribution in [0.5, 0.6) is 0 Å². The zero-order chi connectivity index (χ0) is 20.4. The number of carboxylic acids is 2. The van der Waals surface area contributed by atoms with Crippen LogP contribution in [-0.2, 0) is 20.7 Å². The predicted octanol–water partition coefficient (Wildman–Crippen LogP) is 2.24. The molecule has 0 atom stereocenters. The first kappa shape index (κ1) is 22.0. The van der Waals surface area contributed by atoms with E-state index in [0.717, 1.165) is 45.7 Å². The topological polar surface area (TPSA) is 107 Å². The lowest BCUT2D eigenvalue weighted by Crippen LogP contribution is -2.50. The zero-order valence-corrected chi connectivity index (χ0v) is 16.3. The normalized spacial score (nSPS) is 14.6. The maximum absolute atomic E-state index is 9.55. The molecule has 3 N–H and O–H groups in total. The summed E-state index contributed by atoms with van der Waals surface area (Å²) >= 11 is 1.75. The van der Waals surface area contributed by atoms with Crippen molar-refractivity contribution in [3.63, 3.8) is 0 Å². The Balaban J connectivity index is 0.000000300. The number of hydrogen-bond acceptors (Lipinski definition) is 6. The third-order valence-corrected chi connectivity index (χ3v) is 4.93. The van der Waals surface area contributed by atoms with Crippen molar-refractivity contribution in [1.29, 1.82) is 0 Å². The molecular weight excluding hydrogens is 382 g/mol. The fourth-order valence-corrected chi connectivity index (χ4v) is 3.50. The quantitative estimate of drug-likeness (QED) is 0.432. The van der Waals surface area contributed by atoms with E-state index in [9.17, 15) is 14.7 Å². The third-order valence-electron chi connectivity index (χ3n) is 4.15. The summed E-state index contributed by atoms with van der Waals surface area (Å²) in [7, 11) is 0. The van der Waals surface area contributed by atoms with E-state index in [-0.39, 0.29) is 6.10 Å². The van der Waals surface area contributed by atoms with E-state index in [4.69, 9.17) is 14.9 Å². The molecule has 1 saturated heterocycles. The summed E-state index contributed by atoms with van der Waals surface area (Å²) in [5.74, 6) is -2.51. The number of aliphatic hydroxyl groups is 1. The molecule has 152 valence electrons. The average Bonchev–Trinajstić information content (AvgIpc) is 3.09. The van der Waals surface area contributed by atoms with Crippen LogP contribution in [0.1, 0.15) is 12.0 Å². The first-order valence-electron chi connectivity index (χ1n) is 9.01. The first-order chi connectivity index (χ1) is 13.4. The number of rotatable bonds is 9. The van der Waals surface area contributed by atoms with Crippen molar-refractivity contribution >= 4 is 34.0 Å². The van der Waals surface area contributed by atoms with E-state index in [0.29, 0.717) is 12.2 Å². The Bertz CT molecular complexity index is 781. The summed E-state index contributed by atoms with van der Waals surface area (Å²) in [5.41, 5.74) is 1.35. The number of β-amino-alcohol motifs (C(OH)–C–C–N with tert-alkyl or cyclic N) is 1. The average molecular weight is 407 g/mol. The second-order valence-electron chi connectivity index (χ2n) is 6.47. The molecule has 2 heterocycles. The molecule has 1 fully saturated rings. The number of aliphatic carboxylic acids is 2. The van der Waals surface area contributed by atoms with E-state index in [2.05, 4.69) is 33.9 Å². The molecule has 0 unspecified atom stereocenters. The van der Waals surface area contributed by atoms with E-state index in [1.165, 1.54) is 16.3 Å². The van der Waals surface area contributed by atoms with Gasteiger partial charge in [0.2, 0.25) is 0 Å². The second kappa shape index (κ2) is 11.6. The molecular formula is C20H25NO6S. The van der Waals surface area contributed by atoms with Gasteiger partial charge in [-0.15, -0.1) is 0 Å². The van der Waals surface area contributed by atoms with Crippen molar-refractivity contribution in [2.45, 2.75) is 18.9 Å². The molecule has 1 aliphatic heterocycles. The van der Waals surface area contributed by atoms with Gasteiger partial charge in [-0.1, -0.05) is 18.2 Å². The highest BCUT2D eigenvalue weighted by Gasteiger charge is 2.22. The van der Waals surface area contributed by atoms with Crippen LogP contribution in [-0.4, -0.2) is 71.1 Å². The Hall–Kier alpha value is -2.26. The number of nitrogens with zero attached hydrogens (tertiary/aromatic N) is 1. The van der Waals surface area contributed by atoms with Crippen molar-refractivity contribution in [3.05, 3.63) is 46.7 Å². The molecule has 0 saturated carbocycles. The number of thiophene rings is 1. The minimum Gasteiger partial charge on any atom is -0.478 e. The number of hydrogen-bond donors (Lipinski definition) is 3. The van der Waals surface area contributed by atoms with Crippen LogP contribution in [0.3, 0.4) is 0 Å². The molecule has 1 aliphatic rings. The van der Waals surface area contributed by atoms with E-state index in [1.54, 1.807) is 11.3 Å². The largest absolute Gasteiger partial charge is 0.478 e. The Labute approximate surface area is 167 Å². The van der Waals surface area contributed by atoms with Crippen LogP contribution in [0.2, 0.25) is 0 Å². The number of carboxylic acid groups (broad SMARTS) is 2. The molecule has 0 radical (unpaired) electrons. The van der Waals surface area contributed by atoms with Gasteiger partial charge in [0.15, 0.2) is 0 Å². The third kappa shape index (κ3) is 8.18. The van der Waals surface area contributed by atoms with Crippen molar-refractivity contribution in [2.75, 3.05) is 32.8 Å². The molecule has 0 spiro atoms. The summed E-state index contributed by atoms with van der Waals surface area (Å²) in [6, 6.07) is 6.65. The molecule has 8 heteroatoms. The van der Waals surface area contributed by atoms with E-state index >= 15 is 0 Å². The fraction of sp³-hybridized carbons (Fsp3) is 0.400. The maximum atomic E-state index is 9.55. The fourth-order valence-electron chi connectivity index (χ4n) is 2.72. The maximum Gasteiger partial charge on any atom is 0.328 e. The minimum atomic E-state index is -1.26. The molecule has 0 aliphatic carbocycles. The Morgan fingerprint density at radius 1 is 1.11 bits per heavy atom. The van der Waals surface area contributed by atoms with Crippen LogP contribution in [0.15, 0.2) is 41.1 Å². The number of carbonyl (C=O) groups is 2. The SMILES string of the molecule is O=C(O)C=CC(=O)O.OC1CN(CCCOCCc2ccc3cscc3c2)C1. The number of ether oxygens (including phenoxy) is 1. The smallest absolute Gasteiger partial charge is 0.328 e. The van der Waals surface area contributed by atoms with Gasteiger partial charge in [0.25, 0.3) is 0 Å². The lowest BCUT2D eigenvalue weighted by molar-refractivity contribution is -0.134. The Morgan fingerprint density at radius 3 is 2.43 bits per heavy atom. The molecule has 7 nitrogen and oxygen atoms in total. The highest BCUT2D eigenvalue weighted by molar-refractivity contribution is 7.09. The molecule has 3 rings (SSSR count). The predicted molar refractivity (Wildman–Crippen MR) is 108 cm³/mol. The van der Waals surface area contributed by atoms with Gasteiger partial charge in [0.05, 0.1) is 12.7 Å². The van der Waals surface area contributed by atoms with Gasteiger partial charge >= 0.3 is 11.9 Å². The Morgan fingerprint density at radius 2 is 1.79 bits per heavy atom. The molecule has 2 aromatic rings. The molecule has 1 aromatic heterocycles. The second-order valence-corrected chi connectivity index (χ2v) is 7.22. The van der Waals surface area contributed by atoms with Gasteiger partial charge < -0.3 is 20.1 Å². The summed E-state index contributed by atoms with van der Waals surface area (Å²) < 4.78 is 5.69. The van der Waals surface area contributed by atoms with Gasteiger partial charge in [-0.2, -0.15) is 11.3 Å². The number of likely N-dealkylation sites (tertiary alicyclic amines) is 1. The van der Waals surface area contributed by atoms with Gasteiger partial charge in [-0.3, -0.25) is 4.90 Å². The van der Waals surface area contributed by atoms with Crippen LogP contribution < -0.4 is 0 Å². The molecule has 28 heavy (non-hydrogen) atoms. The molecule has 0 bridgehead atoms. The number of fused-ring (bicyclic) bond motifs is 1. The van der Waals surface area contributed by atoms with Crippen molar-refractivity contribution in [3.8, 4) is 0 Å². The highest BCUT2D eigenvalue weighted by Crippen LogP contribution is 2.20. The summed E-state index contributed by atoms with van der Waals surface area (Å²) in [6.45, 7) is 4.31. The van der Waals surface area contributed by atoms with Gasteiger partial charge in [-0.05, 0) is 39.9 Å². The zero-order valence-electron chi connectivity index (χ0n) is 15.5. The van der Waals surface area contributed by atoms with Crippen LogP contribution >= 0.6 is 11.3 Å². The van der Waals surface area contributed by atoms with Gasteiger partial charge in [0.1, 0.15) is 0 Å². The van der Waals surface area contributed by atoms with E-state index in [1.807, 2.05) is 0 Å². The van der Waals surface area contributed by atoms with E-state index < -0.39 is 11.9 Å². The summed E-state index contributed by atoms with van der Waals surface area (Å²) in [6.07, 6.45) is 3.05. The van der Waals surface area contributed by atoms with Crippen molar-refractivity contribution in [1.82, 2.24) is 4.90 Å². The molecule has 0 amide bonds. The standard InChI is InChI=1S/C16H21NO2S.C4H4O4/c18-16-9-17(10-16)5-1-6-19-7-4-13-2-3-14-11-20-12-15(14)8-13;5-3(6)1-2-4(7)8/h2-3,8,11-12,16,18H,1,4-7,9-10H2;1-2H,(H,5,6)(H,7,8). The monoisotopic (exact) mass is 407 g/mol. The van der Waals surface area contributed by atoms with Crippen molar-refractivity contribution < 1.29 is 29.6 Å².